The molecule has 0 aromatic heterocycles. The van der Waals surface area contributed by atoms with Crippen molar-refractivity contribution in [3.05, 3.63) is 53.6 Å². The van der Waals surface area contributed by atoms with Gasteiger partial charge >= 0.3 is 0 Å². The highest BCUT2D eigenvalue weighted by Gasteiger charge is 2.12. The van der Waals surface area contributed by atoms with Crippen molar-refractivity contribution in [1.82, 2.24) is 0 Å². The molecule has 0 unspecified atom stereocenters. The predicted molar refractivity (Wildman–Crippen MR) is 102 cm³/mol. The maximum absolute atomic E-state index is 12.5. The predicted octanol–water partition coefficient (Wildman–Crippen LogP) is 4.72. The van der Waals surface area contributed by atoms with Crippen LogP contribution in [-0.4, -0.2) is 24.9 Å². The molecule has 2 aromatic carbocycles. The summed E-state index contributed by atoms with van der Waals surface area (Å²) in [6.07, 6.45) is 2.00. The van der Waals surface area contributed by atoms with E-state index < -0.39 is 0 Å². The van der Waals surface area contributed by atoms with Crippen molar-refractivity contribution in [2.75, 3.05) is 18.5 Å². The number of carbonyl (C=O) groups excluding carboxylic acids is 2. The maximum Gasteiger partial charge on any atom is 0.255 e. The van der Waals surface area contributed by atoms with Gasteiger partial charge in [-0.15, -0.1) is 0 Å². The van der Waals surface area contributed by atoms with Crippen molar-refractivity contribution in [3.8, 4) is 11.5 Å². The highest BCUT2D eigenvalue weighted by molar-refractivity contribution is 6.05. The van der Waals surface area contributed by atoms with Crippen molar-refractivity contribution in [1.29, 1.82) is 0 Å². The number of carbonyl (C=O) groups is 2. The molecule has 0 aliphatic rings. The summed E-state index contributed by atoms with van der Waals surface area (Å²) in [5.41, 5.74) is 1.59. The lowest BCUT2D eigenvalue weighted by Gasteiger charge is -2.13. The van der Waals surface area contributed by atoms with Gasteiger partial charge in [-0.2, -0.15) is 0 Å². The third-order valence-corrected chi connectivity index (χ3v) is 3.79. The average molecular weight is 355 g/mol. The Bertz CT molecular complexity index is 770. The van der Waals surface area contributed by atoms with Gasteiger partial charge in [-0.3, -0.25) is 9.59 Å². The molecule has 2 rings (SSSR count). The monoisotopic (exact) mass is 355 g/mol. The first-order valence-corrected chi connectivity index (χ1v) is 8.87. The molecule has 0 bridgehead atoms. The van der Waals surface area contributed by atoms with Crippen LogP contribution < -0.4 is 14.8 Å². The fourth-order valence-electron chi connectivity index (χ4n) is 2.38. The SMILES string of the molecule is CCCCOc1ccc(C(=O)Nc2cccc(C(C)=O)c2)cc1OCC. The van der Waals surface area contributed by atoms with E-state index in [9.17, 15) is 9.59 Å². The summed E-state index contributed by atoms with van der Waals surface area (Å²) < 4.78 is 11.3. The summed E-state index contributed by atoms with van der Waals surface area (Å²) in [6, 6.07) is 12.0. The Morgan fingerprint density at radius 2 is 1.77 bits per heavy atom. The van der Waals surface area contributed by atoms with Crippen molar-refractivity contribution in [3.63, 3.8) is 0 Å². The molecule has 1 N–H and O–H groups in total. The van der Waals surface area contributed by atoms with E-state index in [-0.39, 0.29) is 11.7 Å². The molecule has 0 saturated carbocycles. The van der Waals surface area contributed by atoms with Gasteiger partial charge in [0.15, 0.2) is 17.3 Å². The third-order valence-electron chi connectivity index (χ3n) is 3.79. The first-order valence-electron chi connectivity index (χ1n) is 8.87. The molecule has 0 spiro atoms. The zero-order chi connectivity index (χ0) is 18.9. The van der Waals surface area contributed by atoms with E-state index in [2.05, 4.69) is 12.2 Å². The molecule has 0 aliphatic heterocycles. The van der Waals surface area contributed by atoms with Crippen LogP contribution in [0.1, 0.15) is 54.3 Å². The molecular weight excluding hydrogens is 330 g/mol. The molecule has 5 heteroatoms. The minimum atomic E-state index is -0.272. The molecule has 138 valence electrons. The second-order valence-electron chi connectivity index (χ2n) is 5.89. The summed E-state index contributed by atoms with van der Waals surface area (Å²) in [6.45, 7) is 6.57. The lowest BCUT2D eigenvalue weighted by atomic mass is 10.1. The average Bonchev–Trinajstić information content (AvgIpc) is 2.63. The van der Waals surface area contributed by atoms with Crippen LogP contribution in [0, 0.1) is 0 Å². The van der Waals surface area contributed by atoms with E-state index in [0.29, 0.717) is 41.5 Å². The molecule has 0 radical (unpaired) electrons. The summed E-state index contributed by atoms with van der Waals surface area (Å²) in [5.74, 6) is 0.865. The van der Waals surface area contributed by atoms with Crippen molar-refractivity contribution in [2.24, 2.45) is 0 Å². The van der Waals surface area contributed by atoms with Crippen LogP contribution in [0.2, 0.25) is 0 Å². The molecule has 0 atom stereocenters. The number of ketones is 1. The van der Waals surface area contributed by atoms with Crippen LogP contribution in [0.15, 0.2) is 42.5 Å². The van der Waals surface area contributed by atoms with Gasteiger partial charge in [0.2, 0.25) is 0 Å². The van der Waals surface area contributed by atoms with Crippen LogP contribution in [-0.2, 0) is 0 Å². The number of benzene rings is 2. The Morgan fingerprint density at radius 3 is 2.46 bits per heavy atom. The smallest absolute Gasteiger partial charge is 0.255 e. The number of anilines is 1. The van der Waals surface area contributed by atoms with E-state index in [1.54, 1.807) is 42.5 Å². The van der Waals surface area contributed by atoms with Gasteiger partial charge in [0, 0.05) is 16.8 Å². The maximum atomic E-state index is 12.5. The first kappa shape index (κ1) is 19.5. The number of unbranched alkanes of at least 4 members (excludes halogenated alkanes) is 1. The van der Waals surface area contributed by atoms with Gasteiger partial charge in [0.1, 0.15) is 0 Å². The van der Waals surface area contributed by atoms with Crippen LogP contribution in [0.5, 0.6) is 11.5 Å². The Labute approximate surface area is 154 Å². The Balaban J connectivity index is 2.16. The van der Waals surface area contributed by atoms with Crippen molar-refractivity contribution in [2.45, 2.75) is 33.6 Å². The van der Waals surface area contributed by atoms with Gasteiger partial charge in [-0.25, -0.2) is 0 Å². The summed E-state index contributed by atoms with van der Waals surface area (Å²) in [5, 5.41) is 2.81. The van der Waals surface area contributed by atoms with Gasteiger partial charge in [-0.05, 0) is 50.6 Å². The number of amides is 1. The first-order chi connectivity index (χ1) is 12.5. The van der Waals surface area contributed by atoms with E-state index in [1.165, 1.54) is 6.92 Å². The lowest BCUT2D eigenvalue weighted by molar-refractivity contribution is 0.101. The fourth-order valence-corrected chi connectivity index (χ4v) is 2.38. The van der Waals surface area contributed by atoms with Crippen molar-refractivity contribution >= 4 is 17.4 Å². The van der Waals surface area contributed by atoms with Crippen LogP contribution in [0.3, 0.4) is 0 Å². The van der Waals surface area contributed by atoms with Gasteiger partial charge in [0.25, 0.3) is 5.91 Å². The molecule has 26 heavy (non-hydrogen) atoms. The van der Waals surface area contributed by atoms with E-state index in [1.807, 2.05) is 6.92 Å². The Morgan fingerprint density at radius 1 is 0.962 bits per heavy atom. The van der Waals surface area contributed by atoms with Gasteiger partial charge in [-0.1, -0.05) is 25.5 Å². The second-order valence-corrected chi connectivity index (χ2v) is 5.89. The van der Waals surface area contributed by atoms with Gasteiger partial charge in [0.05, 0.1) is 13.2 Å². The molecule has 1 amide bonds. The number of hydrogen-bond donors (Lipinski definition) is 1. The largest absolute Gasteiger partial charge is 0.490 e. The molecule has 0 aliphatic carbocycles. The fraction of sp³-hybridized carbons (Fsp3) is 0.333. The van der Waals surface area contributed by atoms with Crippen LogP contribution >= 0.6 is 0 Å². The molecule has 0 heterocycles. The molecule has 0 saturated heterocycles. The van der Waals surface area contributed by atoms with E-state index in [4.69, 9.17) is 9.47 Å². The molecule has 5 nitrogen and oxygen atoms in total. The Hall–Kier alpha value is -2.82. The topological polar surface area (TPSA) is 64.6 Å². The van der Waals surface area contributed by atoms with Crippen molar-refractivity contribution < 1.29 is 19.1 Å². The van der Waals surface area contributed by atoms with E-state index in [0.717, 1.165) is 12.8 Å². The number of ether oxygens (including phenoxy) is 2. The normalized spacial score (nSPS) is 10.3. The molecule has 0 fully saturated rings. The molecular formula is C21H25NO4. The summed E-state index contributed by atoms with van der Waals surface area (Å²) in [7, 11) is 0. The second kappa shape index (κ2) is 9.61. The van der Waals surface area contributed by atoms with E-state index >= 15 is 0 Å². The lowest BCUT2D eigenvalue weighted by Crippen LogP contribution is -2.13. The van der Waals surface area contributed by atoms with Gasteiger partial charge < -0.3 is 14.8 Å². The summed E-state index contributed by atoms with van der Waals surface area (Å²) in [4.78, 5) is 24.0. The zero-order valence-corrected chi connectivity index (χ0v) is 15.5. The van der Waals surface area contributed by atoms with Crippen LogP contribution in [0.25, 0.3) is 0 Å². The minimum Gasteiger partial charge on any atom is -0.490 e. The highest BCUT2D eigenvalue weighted by Crippen LogP contribution is 2.29. The molecule has 2 aromatic rings. The number of rotatable bonds is 9. The zero-order valence-electron chi connectivity index (χ0n) is 15.5. The number of Topliss-reactive ketones (excluding diaryl/α,β-unsaturated/α-hetero) is 1. The summed E-state index contributed by atoms with van der Waals surface area (Å²) >= 11 is 0. The Kier molecular flexibility index (Phi) is 7.21. The third kappa shape index (κ3) is 5.34. The number of nitrogens with one attached hydrogen (secondary N) is 1. The highest BCUT2D eigenvalue weighted by atomic mass is 16.5. The minimum absolute atomic E-state index is 0.0479. The number of hydrogen-bond acceptors (Lipinski definition) is 4. The quantitative estimate of drug-likeness (QED) is 0.522. The standard InChI is InChI=1S/C21H25NO4/c1-4-6-12-26-19-11-10-17(14-20(19)25-5-2)21(24)22-18-9-7-8-16(13-18)15(3)23/h7-11,13-14H,4-6,12H2,1-3H3,(H,22,24). The van der Waals surface area contributed by atoms with Crippen LogP contribution in [0.4, 0.5) is 5.69 Å².